The molecule has 0 fully saturated rings. The molecule has 0 bridgehead atoms. The summed E-state index contributed by atoms with van der Waals surface area (Å²) in [4.78, 5) is 13.1. The van der Waals surface area contributed by atoms with E-state index in [1.54, 1.807) is 0 Å². The molecule has 68 heavy (non-hydrogen) atoms. The number of para-hydroxylation sites is 3. The molecule has 0 amide bonds. The van der Waals surface area contributed by atoms with Crippen LogP contribution in [0, 0.1) is 0 Å². The monoisotopic (exact) mass is 865 g/mol. The molecular weight excluding hydrogens is 823 g/mol. The van der Waals surface area contributed by atoms with Crippen LogP contribution in [0.25, 0.3) is 78.4 Å². The highest BCUT2D eigenvalue weighted by atomic mass is 15.2. The Labute approximate surface area is 397 Å². The summed E-state index contributed by atoms with van der Waals surface area (Å²) < 4.78 is 0. The Bertz CT molecular complexity index is 3500. The summed E-state index contributed by atoms with van der Waals surface area (Å²) >= 11 is 0. The Hall–Kier alpha value is -8.92. The lowest BCUT2D eigenvalue weighted by atomic mass is 9.64. The molecule has 1 spiro atoms. The van der Waals surface area contributed by atoms with Crippen LogP contribution in [-0.2, 0) is 5.41 Å². The average Bonchev–Trinajstić information content (AvgIpc) is 3.72. The molecule has 0 N–H and O–H groups in total. The molecule has 1 aliphatic heterocycles. The van der Waals surface area contributed by atoms with Gasteiger partial charge in [0.05, 0.1) is 28.2 Å². The van der Waals surface area contributed by atoms with Gasteiger partial charge in [0.25, 0.3) is 0 Å². The van der Waals surface area contributed by atoms with E-state index in [4.69, 9.17) is 9.97 Å². The van der Waals surface area contributed by atoms with E-state index >= 15 is 0 Å². The van der Waals surface area contributed by atoms with E-state index in [1.807, 2.05) is 6.07 Å². The first-order valence-corrected chi connectivity index (χ1v) is 23.3. The van der Waals surface area contributed by atoms with Gasteiger partial charge in [-0.15, -0.1) is 0 Å². The molecule has 13 rings (SSSR count). The number of hydrogen-bond donors (Lipinski definition) is 0. The van der Waals surface area contributed by atoms with E-state index in [2.05, 4.69) is 260 Å². The first-order valence-electron chi connectivity index (χ1n) is 23.3. The normalized spacial score (nSPS) is 12.8. The van der Waals surface area contributed by atoms with Crippen molar-refractivity contribution in [1.29, 1.82) is 0 Å². The maximum atomic E-state index is 5.48. The molecule has 0 saturated carbocycles. The zero-order valence-corrected chi connectivity index (χ0v) is 37.2. The van der Waals surface area contributed by atoms with Crippen molar-refractivity contribution in [2.75, 3.05) is 4.90 Å². The summed E-state index contributed by atoms with van der Waals surface area (Å²) in [6, 6.07) is 94.4. The fourth-order valence-electron chi connectivity index (χ4n) is 10.9. The molecule has 3 nitrogen and oxygen atoms in total. The van der Waals surface area contributed by atoms with Crippen molar-refractivity contribution >= 4 is 17.1 Å². The summed E-state index contributed by atoms with van der Waals surface area (Å²) in [5.74, 6) is 0.694. The second-order valence-electron chi connectivity index (χ2n) is 17.7. The van der Waals surface area contributed by atoms with E-state index < -0.39 is 5.41 Å². The average molecular weight is 866 g/mol. The molecule has 0 atom stereocenters. The fourth-order valence-corrected chi connectivity index (χ4v) is 10.9. The lowest BCUT2D eigenvalue weighted by molar-refractivity contribution is 0.753. The van der Waals surface area contributed by atoms with Crippen molar-refractivity contribution in [2.24, 2.45) is 0 Å². The summed E-state index contributed by atoms with van der Waals surface area (Å²) in [6.45, 7) is 0. The zero-order valence-electron chi connectivity index (χ0n) is 37.2. The molecule has 11 aromatic rings. The molecule has 0 saturated heterocycles. The van der Waals surface area contributed by atoms with Gasteiger partial charge >= 0.3 is 0 Å². The molecule has 0 unspecified atom stereocenters. The number of rotatable bonds is 7. The van der Waals surface area contributed by atoms with Gasteiger partial charge < -0.3 is 4.90 Å². The lowest BCUT2D eigenvalue weighted by Gasteiger charge is -2.45. The van der Waals surface area contributed by atoms with Crippen LogP contribution in [0.2, 0.25) is 0 Å². The second kappa shape index (κ2) is 16.2. The zero-order chi connectivity index (χ0) is 45.0. The first kappa shape index (κ1) is 39.4. The van der Waals surface area contributed by atoms with Gasteiger partial charge in [0.1, 0.15) is 0 Å². The van der Waals surface area contributed by atoms with Crippen LogP contribution < -0.4 is 4.90 Å². The van der Waals surface area contributed by atoms with Gasteiger partial charge in [-0.2, -0.15) is 0 Å². The second-order valence-corrected chi connectivity index (χ2v) is 17.7. The van der Waals surface area contributed by atoms with Gasteiger partial charge in [0, 0.05) is 22.4 Å². The number of anilines is 3. The number of aromatic nitrogens is 2. The van der Waals surface area contributed by atoms with Crippen molar-refractivity contribution in [3.05, 3.63) is 283 Å². The van der Waals surface area contributed by atoms with Gasteiger partial charge in [0.2, 0.25) is 0 Å². The Morgan fingerprint density at radius 3 is 1.34 bits per heavy atom. The third-order valence-electron chi connectivity index (χ3n) is 13.9. The minimum atomic E-state index is -0.656. The third-order valence-corrected chi connectivity index (χ3v) is 13.9. The summed E-state index contributed by atoms with van der Waals surface area (Å²) in [6.07, 6.45) is 0. The molecular formula is C65H43N3. The highest BCUT2D eigenvalue weighted by Gasteiger charge is 2.52. The van der Waals surface area contributed by atoms with Crippen LogP contribution in [0.15, 0.2) is 261 Å². The first-order chi connectivity index (χ1) is 33.7. The molecule has 2 heterocycles. The Kier molecular flexibility index (Phi) is 9.40. The molecule has 0 radical (unpaired) electrons. The number of fused-ring (bicyclic) bond motifs is 9. The van der Waals surface area contributed by atoms with Crippen molar-refractivity contribution in [3.63, 3.8) is 0 Å². The molecule has 1 aromatic heterocycles. The summed E-state index contributed by atoms with van der Waals surface area (Å²) in [7, 11) is 0. The molecule has 3 heteroatoms. The smallest absolute Gasteiger partial charge is 0.160 e. The van der Waals surface area contributed by atoms with Gasteiger partial charge in [-0.3, -0.25) is 0 Å². The van der Waals surface area contributed by atoms with Gasteiger partial charge in [-0.1, -0.05) is 206 Å². The van der Waals surface area contributed by atoms with Crippen LogP contribution >= 0.6 is 0 Å². The minimum Gasteiger partial charge on any atom is -0.310 e. The van der Waals surface area contributed by atoms with Crippen molar-refractivity contribution in [3.8, 4) is 78.4 Å². The van der Waals surface area contributed by atoms with Gasteiger partial charge in [0.15, 0.2) is 5.82 Å². The van der Waals surface area contributed by atoms with Crippen LogP contribution in [-0.4, -0.2) is 9.97 Å². The van der Waals surface area contributed by atoms with Crippen molar-refractivity contribution < 1.29 is 0 Å². The Balaban J connectivity index is 1.12. The molecule has 2 aliphatic rings. The molecule has 10 aromatic carbocycles. The lowest BCUT2D eigenvalue weighted by Crippen LogP contribution is -2.36. The van der Waals surface area contributed by atoms with Gasteiger partial charge in [-0.25, -0.2) is 9.97 Å². The maximum Gasteiger partial charge on any atom is 0.160 e. The SMILES string of the molecule is c1ccc(-c2cc(-c3ccccc3)cc(-c3ccc4c(c3)-c3c(-c5cc(-c6ccccc6)nc(-c6ccccc6)n5)cccc3C43c4ccccc4N(c4ccccc4)c4ccccc43)c2)cc1. The molecule has 318 valence electrons. The third kappa shape index (κ3) is 6.35. The topological polar surface area (TPSA) is 29.0 Å². The number of hydrogen-bond acceptors (Lipinski definition) is 3. The van der Waals surface area contributed by atoms with E-state index in [0.717, 1.165) is 56.3 Å². The fraction of sp³-hybridized carbons (Fsp3) is 0.0154. The van der Waals surface area contributed by atoms with Crippen LogP contribution in [0.4, 0.5) is 17.1 Å². The summed E-state index contributed by atoms with van der Waals surface area (Å²) in [5, 5.41) is 0. The van der Waals surface area contributed by atoms with E-state index in [0.29, 0.717) is 5.82 Å². The predicted molar refractivity (Wildman–Crippen MR) is 280 cm³/mol. The van der Waals surface area contributed by atoms with Crippen molar-refractivity contribution in [1.82, 2.24) is 9.97 Å². The number of nitrogens with zero attached hydrogens (tertiary/aromatic N) is 3. The largest absolute Gasteiger partial charge is 0.310 e. The highest BCUT2D eigenvalue weighted by Crippen LogP contribution is 2.65. The summed E-state index contributed by atoms with van der Waals surface area (Å²) in [5.41, 5.74) is 22.0. The maximum absolute atomic E-state index is 5.48. The van der Waals surface area contributed by atoms with Crippen LogP contribution in [0.3, 0.4) is 0 Å². The standard InChI is InChI=1S/C65H43N3/c1-6-21-44(22-7-1)49-39-50(45-23-8-2-9-24-45)41-51(40-49)48-37-38-55-54(42-48)63-53(60-43-59(46-25-10-3-11-26-46)66-64(67-60)47-27-12-4-13-28-47)31-20-34-58(63)65(55)56-32-16-18-35-61(56)68(52-29-14-5-15-30-52)62-36-19-17-33-57(62)65/h1-43H. The van der Waals surface area contributed by atoms with E-state index in [1.165, 1.54) is 55.6 Å². The predicted octanol–water partition coefficient (Wildman–Crippen LogP) is 16.6. The number of benzene rings is 10. The van der Waals surface area contributed by atoms with E-state index in [9.17, 15) is 0 Å². The Morgan fingerprint density at radius 2 is 0.750 bits per heavy atom. The van der Waals surface area contributed by atoms with Crippen molar-refractivity contribution in [2.45, 2.75) is 5.41 Å². The van der Waals surface area contributed by atoms with Gasteiger partial charge in [-0.05, 0) is 121 Å². The Morgan fingerprint density at radius 1 is 0.279 bits per heavy atom. The highest BCUT2D eigenvalue weighted by molar-refractivity contribution is 6.01. The van der Waals surface area contributed by atoms with Crippen LogP contribution in [0.1, 0.15) is 22.3 Å². The van der Waals surface area contributed by atoms with Crippen LogP contribution in [0.5, 0.6) is 0 Å². The molecule has 1 aliphatic carbocycles. The van der Waals surface area contributed by atoms with E-state index in [-0.39, 0.29) is 0 Å². The quantitative estimate of drug-likeness (QED) is 0.160. The minimum absolute atomic E-state index is 0.656.